The summed E-state index contributed by atoms with van der Waals surface area (Å²) in [6, 6.07) is 6.87. The first-order chi connectivity index (χ1) is 16.7. The first-order valence-electron chi connectivity index (χ1n) is 12.5. The monoisotopic (exact) mass is 473 g/mol. The highest BCUT2D eigenvalue weighted by Gasteiger charge is 2.25. The van der Waals surface area contributed by atoms with Crippen LogP contribution in [0.1, 0.15) is 60.8 Å². The third-order valence-electron chi connectivity index (χ3n) is 7.57. The van der Waals surface area contributed by atoms with Crippen molar-refractivity contribution in [3.05, 3.63) is 46.8 Å². The van der Waals surface area contributed by atoms with Crippen LogP contribution in [0.25, 0.3) is 27.9 Å². The number of nitrogens with one attached hydrogen (secondary N) is 1. The lowest BCUT2D eigenvalue weighted by Gasteiger charge is -2.32. The number of piperidine rings is 1. The molecule has 0 atom stereocenters. The highest BCUT2D eigenvalue weighted by atomic mass is 16.2. The van der Waals surface area contributed by atoms with Gasteiger partial charge in [0.1, 0.15) is 12.0 Å². The second-order valence-electron chi connectivity index (χ2n) is 10.4. The number of aromatic amines is 1. The molecule has 4 heterocycles. The predicted molar refractivity (Wildman–Crippen MR) is 139 cm³/mol. The van der Waals surface area contributed by atoms with E-state index in [-0.39, 0.29) is 5.91 Å². The number of rotatable bonds is 5. The Kier molecular flexibility index (Phi) is 6.09. The van der Waals surface area contributed by atoms with E-state index in [0.717, 1.165) is 59.6 Å². The van der Waals surface area contributed by atoms with Gasteiger partial charge >= 0.3 is 0 Å². The van der Waals surface area contributed by atoms with Gasteiger partial charge < -0.3 is 9.88 Å². The number of carbonyl (C=O) groups excluding carboxylic acids is 1. The normalized spacial score (nSPS) is 15.5. The van der Waals surface area contributed by atoms with Crippen LogP contribution in [-0.4, -0.2) is 74.2 Å². The lowest BCUT2D eigenvalue weighted by atomic mass is 9.87. The minimum Gasteiger partial charge on any atom is -0.353 e. The molecule has 8 heteroatoms. The summed E-state index contributed by atoms with van der Waals surface area (Å²) in [5, 5.41) is 10.4. The molecule has 1 aromatic carbocycles. The maximum absolute atomic E-state index is 12.1. The zero-order valence-electron chi connectivity index (χ0n) is 21.6. The molecule has 3 aromatic heterocycles. The summed E-state index contributed by atoms with van der Waals surface area (Å²) in [4.78, 5) is 24.1. The smallest absolute Gasteiger partial charge is 0.236 e. The summed E-state index contributed by atoms with van der Waals surface area (Å²) in [6.45, 7) is 11.1. The topological polar surface area (TPSA) is 82.4 Å². The lowest BCUT2D eigenvalue weighted by Crippen LogP contribution is -2.40. The van der Waals surface area contributed by atoms with Crippen molar-refractivity contribution >= 4 is 22.5 Å². The summed E-state index contributed by atoms with van der Waals surface area (Å²) in [7, 11) is 3.65. The number of H-pyrrole nitrogens is 1. The van der Waals surface area contributed by atoms with Crippen molar-refractivity contribution in [3.63, 3.8) is 0 Å². The van der Waals surface area contributed by atoms with Gasteiger partial charge in [-0.2, -0.15) is 0 Å². The van der Waals surface area contributed by atoms with E-state index in [0.29, 0.717) is 18.4 Å². The van der Waals surface area contributed by atoms with Gasteiger partial charge in [-0.05, 0) is 80.4 Å². The molecular formula is C27H35N7O. The second kappa shape index (κ2) is 9.07. The average Bonchev–Trinajstić information content (AvgIpc) is 3.46. The molecule has 0 bridgehead atoms. The zero-order chi connectivity index (χ0) is 24.9. The first-order valence-corrected chi connectivity index (χ1v) is 12.5. The van der Waals surface area contributed by atoms with Crippen LogP contribution in [0.15, 0.2) is 24.5 Å². The van der Waals surface area contributed by atoms with Crippen LogP contribution in [0.5, 0.6) is 0 Å². The lowest BCUT2D eigenvalue weighted by molar-refractivity contribution is -0.130. The third-order valence-corrected chi connectivity index (χ3v) is 7.57. The fourth-order valence-corrected chi connectivity index (χ4v) is 5.34. The number of likely N-dealkylation sites (N-methyl/N-ethyl adjacent to an activating group) is 1. The Hall–Kier alpha value is -3.26. The molecule has 1 aliphatic heterocycles. The number of nitrogens with zero attached hydrogens (tertiary/aromatic N) is 6. The fraction of sp³-hybridized carbons (Fsp3) is 0.481. The van der Waals surface area contributed by atoms with Crippen molar-refractivity contribution in [2.75, 3.05) is 33.7 Å². The number of aromatic nitrogens is 5. The molecule has 0 spiro atoms. The van der Waals surface area contributed by atoms with Crippen molar-refractivity contribution in [2.24, 2.45) is 0 Å². The van der Waals surface area contributed by atoms with Crippen molar-refractivity contribution in [2.45, 2.75) is 52.4 Å². The van der Waals surface area contributed by atoms with Gasteiger partial charge in [-0.25, -0.2) is 4.98 Å². The largest absolute Gasteiger partial charge is 0.353 e. The predicted octanol–water partition coefficient (Wildman–Crippen LogP) is 4.28. The molecule has 1 fully saturated rings. The number of aryl methyl sites for hydroxylation is 1. The van der Waals surface area contributed by atoms with Gasteiger partial charge in [-0.1, -0.05) is 19.9 Å². The minimum atomic E-state index is 0.175. The number of hydrogen-bond donors (Lipinski definition) is 1. The zero-order valence-corrected chi connectivity index (χ0v) is 21.6. The van der Waals surface area contributed by atoms with Crippen molar-refractivity contribution in [3.8, 4) is 11.4 Å². The summed E-state index contributed by atoms with van der Waals surface area (Å²) in [5.74, 6) is 1.02. The molecule has 0 radical (unpaired) electrons. The summed E-state index contributed by atoms with van der Waals surface area (Å²) < 4.78 is 1.63. The van der Waals surface area contributed by atoms with E-state index in [1.165, 1.54) is 16.5 Å². The number of amides is 1. The molecule has 0 aliphatic carbocycles. The summed E-state index contributed by atoms with van der Waals surface area (Å²) in [6.07, 6.45) is 3.70. The highest BCUT2D eigenvalue weighted by Crippen LogP contribution is 2.39. The van der Waals surface area contributed by atoms with E-state index in [2.05, 4.69) is 65.9 Å². The Morgan fingerprint density at radius 3 is 2.60 bits per heavy atom. The Morgan fingerprint density at radius 2 is 1.91 bits per heavy atom. The molecule has 35 heavy (non-hydrogen) atoms. The van der Waals surface area contributed by atoms with Crippen LogP contribution in [-0.2, 0) is 4.79 Å². The van der Waals surface area contributed by atoms with Crippen LogP contribution >= 0.6 is 0 Å². The molecule has 1 aliphatic rings. The van der Waals surface area contributed by atoms with Crippen LogP contribution in [0.3, 0.4) is 0 Å². The summed E-state index contributed by atoms with van der Waals surface area (Å²) >= 11 is 0. The Bertz CT molecular complexity index is 1390. The van der Waals surface area contributed by atoms with Gasteiger partial charge in [0, 0.05) is 30.6 Å². The number of hydrogen-bond acceptors (Lipinski definition) is 5. The number of likely N-dealkylation sites (tertiary alicyclic amines) is 1. The van der Waals surface area contributed by atoms with Crippen LogP contribution < -0.4 is 0 Å². The average molecular weight is 474 g/mol. The van der Waals surface area contributed by atoms with E-state index >= 15 is 0 Å². The first kappa shape index (κ1) is 23.5. The highest BCUT2D eigenvalue weighted by molar-refractivity contribution is 5.92. The minimum absolute atomic E-state index is 0.175. The Morgan fingerprint density at radius 1 is 1.17 bits per heavy atom. The van der Waals surface area contributed by atoms with Gasteiger partial charge in [0.05, 0.1) is 12.2 Å². The van der Waals surface area contributed by atoms with E-state index in [4.69, 9.17) is 5.10 Å². The van der Waals surface area contributed by atoms with Gasteiger partial charge in [0.15, 0.2) is 5.65 Å². The molecule has 0 unspecified atom stereocenters. The Balaban J connectivity index is 1.49. The summed E-state index contributed by atoms with van der Waals surface area (Å²) in [5.41, 5.74) is 8.85. The second-order valence-corrected chi connectivity index (χ2v) is 10.4. The molecular weight excluding hydrogens is 438 g/mol. The quantitative estimate of drug-likeness (QED) is 0.468. The SMILES string of the molecule is Cc1c(-c2[nH]c3ccc(C4CCN(CC(=O)N(C)C)CC4)cc3c2C(C)C)nn2ncnc2c1C. The molecule has 184 valence electrons. The van der Waals surface area contributed by atoms with Crippen LogP contribution in [0.2, 0.25) is 0 Å². The standard InChI is InChI=1S/C27H35N7O/c1-16(2)24-21-13-20(19-9-11-33(12-10-19)14-23(35)32(5)6)7-8-22(21)30-26(24)25-17(3)18(4)27-28-15-29-34(27)31-25/h7-8,13,15-16,19,30H,9-12,14H2,1-6H3. The molecule has 1 N–H and O–H groups in total. The van der Waals surface area contributed by atoms with Crippen LogP contribution in [0.4, 0.5) is 0 Å². The molecule has 1 saturated heterocycles. The molecule has 5 rings (SSSR count). The number of benzene rings is 1. The number of carbonyl (C=O) groups is 1. The van der Waals surface area contributed by atoms with Gasteiger partial charge in [0.2, 0.25) is 5.91 Å². The molecule has 4 aromatic rings. The maximum atomic E-state index is 12.1. The van der Waals surface area contributed by atoms with Crippen molar-refractivity contribution in [1.29, 1.82) is 0 Å². The van der Waals surface area contributed by atoms with Crippen molar-refractivity contribution in [1.82, 2.24) is 34.6 Å². The fourth-order valence-electron chi connectivity index (χ4n) is 5.34. The third kappa shape index (κ3) is 4.20. The Labute approximate surface area is 206 Å². The van der Waals surface area contributed by atoms with Gasteiger partial charge in [-0.15, -0.1) is 14.8 Å². The van der Waals surface area contributed by atoms with Gasteiger partial charge in [-0.3, -0.25) is 9.69 Å². The van der Waals surface area contributed by atoms with Crippen LogP contribution in [0, 0.1) is 13.8 Å². The van der Waals surface area contributed by atoms with Crippen molar-refractivity contribution < 1.29 is 4.79 Å². The van der Waals surface area contributed by atoms with E-state index in [1.807, 2.05) is 14.1 Å². The van der Waals surface area contributed by atoms with E-state index in [9.17, 15) is 4.79 Å². The van der Waals surface area contributed by atoms with Gasteiger partial charge in [0.25, 0.3) is 0 Å². The molecule has 1 amide bonds. The molecule has 0 saturated carbocycles. The van der Waals surface area contributed by atoms with E-state index in [1.54, 1.807) is 15.9 Å². The molecule has 8 nitrogen and oxygen atoms in total. The number of fused-ring (bicyclic) bond motifs is 2. The van der Waals surface area contributed by atoms with E-state index < -0.39 is 0 Å². The maximum Gasteiger partial charge on any atom is 0.236 e.